The Morgan fingerprint density at radius 2 is 1.72 bits per heavy atom. The number of hydrogen-bond donors (Lipinski definition) is 1. The van der Waals surface area contributed by atoms with Gasteiger partial charge in [0.25, 0.3) is 5.91 Å². The zero-order chi connectivity index (χ0) is 23.1. The normalized spacial score (nSPS) is 12.3. The molecule has 0 saturated carbocycles. The topological polar surface area (TPSA) is 92.8 Å². The lowest BCUT2D eigenvalue weighted by Gasteiger charge is -2.19. The van der Waals surface area contributed by atoms with Crippen molar-refractivity contribution in [1.29, 1.82) is 0 Å². The Labute approximate surface area is 191 Å². The van der Waals surface area contributed by atoms with Crippen molar-refractivity contribution in [3.8, 4) is 0 Å². The fourth-order valence-corrected chi connectivity index (χ4v) is 4.89. The average Bonchev–Trinajstić information content (AvgIpc) is 3.31. The molecule has 7 nitrogen and oxygen atoms in total. The van der Waals surface area contributed by atoms with Gasteiger partial charge in [0, 0.05) is 11.9 Å². The van der Waals surface area contributed by atoms with Crippen molar-refractivity contribution in [3.05, 3.63) is 88.1 Å². The smallest absolute Gasteiger partial charge is 0.321 e. The predicted molar refractivity (Wildman–Crippen MR) is 123 cm³/mol. The molecule has 0 radical (unpaired) electrons. The molecule has 0 aliphatic carbocycles. The fourth-order valence-electron chi connectivity index (χ4n) is 2.97. The van der Waals surface area contributed by atoms with Crippen LogP contribution in [-0.2, 0) is 24.3 Å². The molecule has 0 spiro atoms. The second kappa shape index (κ2) is 10.5. The molecule has 32 heavy (non-hydrogen) atoms. The summed E-state index contributed by atoms with van der Waals surface area (Å²) in [6, 6.07) is 19.2. The molecule has 3 aromatic rings. The van der Waals surface area contributed by atoms with Gasteiger partial charge < -0.3 is 10.1 Å². The van der Waals surface area contributed by atoms with E-state index in [0.29, 0.717) is 0 Å². The van der Waals surface area contributed by atoms with Crippen molar-refractivity contribution >= 4 is 33.2 Å². The van der Waals surface area contributed by atoms with Crippen LogP contribution >= 0.6 is 11.3 Å². The summed E-state index contributed by atoms with van der Waals surface area (Å²) in [5.74, 6) is -1.30. The molecule has 0 saturated heterocycles. The highest BCUT2D eigenvalue weighted by molar-refractivity contribution is 7.89. The van der Waals surface area contributed by atoms with Gasteiger partial charge in [-0.3, -0.25) is 9.59 Å². The van der Waals surface area contributed by atoms with E-state index in [1.54, 1.807) is 12.1 Å². The average molecular weight is 473 g/mol. The molecule has 0 aliphatic heterocycles. The number of carbonyl (C=O) groups is 2. The molecular formula is C23H24N2O5S2. The Hall–Kier alpha value is -3.01. The van der Waals surface area contributed by atoms with Crippen molar-refractivity contribution in [2.24, 2.45) is 0 Å². The Bertz CT molecular complexity index is 1140. The number of hydrogen-bond acceptors (Lipinski definition) is 6. The van der Waals surface area contributed by atoms with Crippen LogP contribution in [0.3, 0.4) is 0 Å². The maximum absolute atomic E-state index is 12.6. The third-order valence-electron chi connectivity index (χ3n) is 4.71. The van der Waals surface area contributed by atoms with Crippen LogP contribution in [0.15, 0.2) is 77.0 Å². The highest BCUT2D eigenvalue weighted by atomic mass is 32.2. The van der Waals surface area contributed by atoms with Gasteiger partial charge in [0.2, 0.25) is 10.0 Å². The summed E-state index contributed by atoms with van der Waals surface area (Å²) < 4.78 is 31.1. The van der Waals surface area contributed by atoms with E-state index in [-0.39, 0.29) is 10.9 Å². The first-order valence-electron chi connectivity index (χ1n) is 9.83. The Morgan fingerprint density at radius 3 is 2.34 bits per heavy atom. The van der Waals surface area contributed by atoms with Crippen LogP contribution in [0.4, 0.5) is 0 Å². The largest absolute Gasteiger partial charge is 0.455 e. The summed E-state index contributed by atoms with van der Waals surface area (Å²) in [6.45, 7) is 0.839. The van der Waals surface area contributed by atoms with Crippen molar-refractivity contribution in [2.75, 3.05) is 20.2 Å². The number of carbonyl (C=O) groups excluding carboxylic acids is 2. The van der Waals surface area contributed by atoms with Gasteiger partial charge in [0.05, 0.1) is 10.9 Å². The summed E-state index contributed by atoms with van der Waals surface area (Å²) in [4.78, 5) is 25.6. The minimum Gasteiger partial charge on any atom is -0.455 e. The quantitative estimate of drug-likeness (QED) is 0.483. The van der Waals surface area contributed by atoms with Gasteiger partial charge in [-0.25, -0.2) is 8.42 Å². The van der Waals surface area contributed by atoms with Crippen LogP contribution < -0.4 is 5.32 Å². The summed E-state index contributed by atoms with van der Waals surface area (Å²) in [6.07, 6.45) is 0. The highest BCUT2D eigenvalue weighted by Gasteiger charge is 2.24. The van der Waals surface area contributed by atoms with Crippen LogP contribution in [0.5, 0.6) is 0 Å². The molecule has 0 fully saturated rings. The van der Waals surface area contributed by atoms with E-state index < -0.39 is 35.1 Å². The first-order chi connectivity index (χ1) is 15.3. The number of likely N-dealkylation sites (N-methyl/N-ethyl adjacent to an activating group) is 1. The Morgan fingerprint density at radius 1 is 1.03 bits per heavy atom. The molecule has 1 amide bonds. The standard InChI is InChI=1S/C23H24N2O5S2/c1-17-10-12-19(13-11-17)32(28,29)25(2)15-22(27)30-16-21(26)24-23(20-9-6-14-31-20)18-7-4-3-5-8-18/h3-14,23H,15-16H2,1-2H3,(H,24,26). The van der Waals surface area contributed by atoms with E-state index >= 15 is 0 Å². The first kappa shape index (κ1) is 23.6. The molecule has 2 aromatic carbocycles. The van der Waals surface area contributed by atoms with E-state index in [1.165, 1.54) is 30.5 Å². The number of benzene rings is 2. The summed E-state index contributed by atoms with van der Waals surface area (Å²) in [5.41, 5.74) is 1.83. The Kier molecular flexibility index (Phi) is 7.79. The lowest BCUT2D eigenvalue weighted by atomic mass is 10.1. The number of sulfonamides is 1. The predicted octanol–water partition coefficient (Wildman–Crippen LogP) is 3.13. The molecule has 0 aliphatic rings. The fraction of sp³-hybridized carbons (Fsp3) is 0.217. The van der Waals surface area contributed by atoms with Gasteiger partial charge >= 0.3 is 5.97 Å². The SMILES string of the molecule is Cc1ccc(S(=O)(=O)N(C)CC(=O)OCC(=O)NC(c2ccccc2)c2cccs2)cc1. The number of esters is 1. The summed E-state index contributed by atoms with van der Waals surface area (Å²) >= 11 is 1.51. The van der Waals surface area contributed by atoms with Crippen LogP contribution in [0, 0.1) is 6.92 Å². The van der Waals surface area contributed by atoms with E-state index in [2.05, 4.69) is 5.32 Å². The van der Waals surface area contributed by atoms with Gasteiger partial charge in [0.15, 0.2) is 6.61 Å². The minimum absolute atomic E-state index is 0.0813. The number of amides is 1. The third-order valence-corrected chi connectivity index (χ3v) is 7.47. The number of nitrogens with one attached hydrogen (secondary N) is 1. The van der Waals surface area contributed by atoms with Crippen molar-refractivity contribution in [3.63, 3.8) is 0 Å². The van der Waals surface area contributed by atoms with Crippen LogP contribution in [0.25, 0.3) is 0 Å². The van der Waals surface area contributed by atoms with E-state index in [9.17, 15) is 18.0 Å². The number of ether oxygens (including phenoxy) is 1. The molecule has 1 N–H and O–H groups in total. The molecule has 9 heteroatoms. The number of rotatable bonds is 9. The van der Waals surface area contributed by atoms with E-state index in [4.69, 9.17) is 4.74 Å². The molecule has 168 valence electrons. The molecule has 1 unspecified atom stereocenters. The van der Waals surface area contributed by atoms with Gasteiger partial charge in [0.1, 0.15) is 6.54 Å². The summed E-state index contributed by atoms with van der Waals surface area (Å²) in [7, 11) is -2.55. The molecule has 0 bridgehead atoms. The number of aryl methyl sites for hydroxylation is 1. The van der Waals surface area contributed by atoms with E-state index in [1.807, 2.05) is 54.8 Å². The van der Waals surface area contributed by atoms with Crippen molar-refractivity contribution in [2.45, 2.75) is 17.9 Å². The minimum atomic E-state index is -3.84. The third kappa shape index (κ3) is 6.03. The van der Waals surface area contributed by atoms with Crippen LogP contribution in [0.2, 0.25) is 0 Å². The maximum atomic E-state index is 12.6. The zero-order valence-electron chi connectivity index (χ0n) is 17.7. The molecule has 3 rings (SSSR count). The Balaban J connectivity index is 1.57. The second-order valence-electron chi connectivity index (χ2n) is 7.16. The highest BCUT2D eigenvalue weighted by Crippen LogP contribution is 2.25. The number of nitrogens with zero attached hydrogens (tertiary/aromatic N) is 1. The lowest BCUT2D eigenvalue weighted by Crippen LogP contribution is -2.36. The van der Waals surface area contributed by atoms with Crippen molar-refractivity contribution in [1.82, 2.24) is 9.62 Å². The molecule has 1 aromatic heterocycles. The van der Waals surface area contributed by atoms with Gasteiger partial charge in [-0.15, -0.1) is 11.3 Å². The molecule has 1 atom stereocenters. The second-order valence-corrected chi connectivity index (χ2v) is 10.2. The number of thiophene rings is 1. The van der Waals surface area contributed by atoms with Gasteiger partial charge in [-0.1, -0.05) is 54.1 Å². The lowest BCUT2D eigenvalue weighted by molar-refractivity contribution is -0.148. The van der Waals surface area contributed by atoms with Crippen LogP contribution in [-0.4, -0.2) is 44.8 Å². The van der Waals surface area contributed by atoms with Gasteiger partial charge in [-0.05, 0) is 36.1 Å². The zero-order valence-corrected chi connectivity index (χ0v) is 19.4. The molecule has 1 heterocycles. The van der Waals surface area contributed by atoms with Gasteiger partial charge in [-0.2, -0.15) is 4.31 Å². The van der Waals surface area contributed by atoms with E-state index in [0.717, 1.165) is 20.3 Å². The maximum Gasteiger partial charge on any atom is 0.321 e. The monoisotopic (exact) mass is 472 g/mol. The van der Waals surface area contributed by atoms with Crippen LogP contribution in [0.1, 0.15) is 22.0 Å². The molecular weight excluding hydrogens is 448 g/mol. The first-order valence-corrected chi connectivity index (χ1v) is 12.2. The summed E-state index contributed by atoms with van der Waals surface area (Å²) in [5, 5.41) is 4.79. The van der Waals surface area contributed by atoms with Crippen molar-refractivity contribution < 1.29 is 22.7 Å².